The summed E-state index contributed by atoms with van der Waals surface area (Å²) < 4.78 is 0. The molecule has 0 aliphatic carbocycles. The van der Waals surface area contributed by atoms with Crippen molar-refractivity contribution in [1.82, 2.24) is 0 Å². The predicted octanol–water partition coefficient (Wildman–Crippen LogP) is 1.18. The van der Waals surface area contributed by atoms with Crippen LogP contribution in [0.2, 0.25) is 0 Å². The van der Waals surface area contributed by atoms with Gasteiger partial charge in [0, 0.05) is 5.57 Å². The van der Waals surface area contributed by atoms with Crippen LogP contribution in [-0.2, 0) is 4.79 Å². The molecule has 0 heterocycles. The van der Waals surface area contributed by atoms with Crippen LogP contribution in [0.4, 0.5) is 0 Å². The highest BCUT2D eigenvalue weighted by Gasteiger charge is 2.01. The highest BCUT2D eigenvalue weighted by molar-refractivity contribution is 5.85. The lowest BCUT2D eigenvalue weighted by molar-refractivity contribution is -0.132. The van der Waals surface area contributed by atoms with Crippen LogP contribution in [0.1, 0.15) is 13.8 Å². The first-order valence-corrected chi connectivity index (χ1v) is 2.89. The molecule has 1 unspecified atom stereocenters. The van der Waals surface area contributed by atoms with E-state index in [4.69, 9.17) is 10.4 Å². The van der Waals surface area contributed by atoms with Crippen LogP contribution in [0.25, 0.3) is 0 Å². The fraction of sp³-hybridized carbons (Fsp3) is 0.429. The predicted molar refractivity (Wildman–Crippen MR) is 36.2 cm³/mol. The van der Waals surface area contributed by atoms with E-state index in [0.29, 0.717) is 0 Å². The van der Waals surface area contributed by atoms with E-state index in [0.717, 1.165) is 0 Å². The van der Waals surface area contributed by atoms with Gasteiger partial charge in [0.15, 0.2) is 0 Å². The average Bonchev–Trinajstić information content (AvgIpc) is 1.87. The largest absolute Gasteiger partial charge is 0.478 e. The standard InChI is InChI=1S/C7H9NO2/c1-5(4-8)3-6(2)7(9)10/h3,5H,1-2H3,(H,9,10)/b6-3-. The highest BCUT2D eigenvalue weighted by Crippen LogP contribution is 2.00. The molecule has 0 aromatic heterocycles. The Morgan fingerprint density at radius 3 is 2.60 bits per heavy atom. The third-order valence-corrected chi connectivity index (χ3v) is 1.04. The second-order valence-electron chi connectivity index (χ2n) is 2.07. The van der Waals surface area contributed by atoms with E-state index in [-0.39, 0.29) is 11.5 Å². The number of nitrogens with zero attached hydrogens (tertiary/aromatic N) is 1. The van der Waals surface area contributed by atoms with E-state index in [2.05, 4.69) is 0 Å². The zero-order chi connectivity index (χ0) is 8.15. The average molecular weight is 139 g/mol. The summed E-state index contributed by atoms with van der Waals surface area (Å²) in [5.41, 5.74) is 0.217. The molecule has 0 aromatic rings. The molecule has 0 radical (unpaired) electrons. The molecule has 10 heavy (non-hydrogen) atoms. The molecule has 0 amide bonds. The highest BCUT2D eigenvalue weighted by atomic mass is 16.4. The molecule has 54 valence electrons. The van der Waals surface area contributed by atoms with Crippen molar-refractivity contribution < 1.29 is 9.90 Å². The normalized spacial score (nSPS) is 13.9. The van der Waals surface area contributed by atoms with Crippen LogP contribution in [0, 0.1) is 17.2 Å². The second-order valence-corrected chi connectivity index (χ2v) is 2.07. The molecule has 0 rings (SSSR count). The number of aliphatic carboxylic acids is 1. The lowest BCUT2D eigenvalue weighted by Crippen LogP contribution is -1.98. The number of hydrogen-bond acceptors (Lipinski definition) is 2. The molecule has 0 aliphatic rings. The minimum Gasteiger partial charge on any atom is -0.478 e. The summed E-state index contributed by atoms with van der Waals surface area (Å²) in [4.78, 5) is 10.2. The Labute approximate surface area is 59.6 Å². The van der Waals surface area contributed by atoms with Crippen molar-refractivity contribution in [1.29, 1.82) is 5.26 Å². The Bertz CT molecular complexity index is 200. The van der Waals surface area contributed by atoms with E-state index in [9.17, 15) is 4.79 Å². The Kier molecular flexibility index (Phi) is 3.20. The molecule has 3 nitrogen and oxygen atoms in total. The van der Waals surface area contributed by atoms with Gasteiger partial charge in [-0.15, -0.1) is 0 Å². The number of carbonyl (C=O) groups is 1. The third kappa shape index (κ3) is 2.88. The molecule has 1 N–H and O–H groups in total. The van der Waals surface area contributed by atoms with Gasteiger partial charge in [0.2, 0.25) is 0 Å². The molecule has 0 saturated carbocycles. The lowest BCUT2D eigenvalue weighted by Gasteiger charge is -1.93. The molecule has 0 aromatic carbocycles. The zero-order valence-corrected chi connectivity index (χ0v) is 5.96. The summed E-state index contributed by atoms with van der Waals surface area (Å²) in [7, 11) is 0. The van der Waals surface area contributed by atoms with Crippen molar-refractivity contribution in [2.75, 3.05) is 0 Å². The van der Waals surface area contributed by atoms with Gasteiger partial charge in [0.25, 0.3) is 0 Å². The Morgan fingerprint density at radius 1 is 1.80 bits per heavy atom. The smallest absolute Gasteiger partial charge is 0.330 e. The summed E-state index contributed by atoms with van der Waals surface area (Å²) in [5.74, 6) is -1.29. The maximum atomic E-state index is 10.2. The number of rotatable bonds is 2. The van der Waals surface area contributed by atoms with Crippen molar-refractivity contribution in [3.63, 3.8) is 0 Å². The monoisotopic (exact) mass is 139 g/mol. The zero-order valence-electron chi connectivity index (χ0n) is 5.96. The van der Waals surface area contributed by atoms with Crippen LogP contribution in [-0.4, -0.2) is 11.1 Å². The molecule has 3 heteroatoms. The van der Waals surface area contributed by atoms with Gasteiger partial charge in [0.05, 0.1) is 12.0 Å². The fourth-order valence-corrected chi connectivity index (χ4v) is 0.484. The Hall–Kier alpha value is -1.30. The summed E-state index contributed by atoms with van der Waals surface area (Å²) in [6.45, 7) is 3.11. The minimum atomic E-state index is -0.970. The van der Waals surface area contributed by atoms with Crippen molar-refractivity contribution in [3.8, 4) is 6.07 Å². The molecule has 0 fully saturated rings. The minimum absolute atomic E-state index is 0.217. The molecule has 1 atom stereocenters. The Balaban J connectivity index is 4.20. The van der Waals surface area contributed by atoms with Crippen LogP contribution >= 0.6 is 0 Å². The van der Waals surface area contributed by atoms with E-state index >= 15 is 0 Å². The molecular weight excluding hydrogens is 130 g/mol. The first-order chi connectivity index (χ1) is 4.57. The van der Waals surface area contributed by atoms with Crippen LogP contribution < -0.4 is 0 Å². The van der Waals surface area contributed by atoms with Crippen molar-refractivity contribution in [2.24, 2.45) is 5.92 Å². The van der Waals surface area contributed by atoms with E-state index in [1.807, 2.05) is 6.07 Å². The summed E-state index contributed by atoms with van der Waals surface area (Å²) >= 11 is 0. The van der Waals surface area contributed by atoms with E-state index < -0.39 is 5.97 Å². The molecular formula is C7H9NO2. The summed E-state index contributed by atoms with van der Waals surface area (Å²) in [5, 5.41) is 16.6. The van der Waals surface area contributed by atoms with Gasteiger partial charge < -0.3 is 5.11 Å². The number of allylic oxidation sites excluding steroid dienone is 1. The Morgan fingerprint density at radius 2 is 2.30 bits per heavy atom. The lowest BCUT2D eigenvalue weighted by atomic mass is 10.1. The van der Waals surface area contributed by atoms with Crippen molar-refractivity contribution in [3.05, 3.63) is 11.6 Å². The summed E-state index contributed by atoms with van der Waals surface area (Å²) in [6.07, 6.45) is 1.42. The van der Waals surface area contributed by atoms with Gasteiger partial charge in [-0.25, -0.2) is 4.79 Å². The number of nitriles is 1. The topological polar surface area (TPSA) is 61.1 Å². The van der Waals surface area contributed by atoms with Crippen LogP contribution in [0.3, 0.4) is 0 Å². The van der Waals surface area contributed by atoms with Gasteiger partial charge in [-0.1, -0.05) is 6.08 Å². The first kappa shape index (κ1) is 8.70. The van der Waals surface area contributed by atoms with Crippen molar-refractivity contribution >= 4 is 5.97 Å². The van der Waals surface area contributed by atoms with E-state index in [1.165, 1.54) is 13.0 Å². The first-order valence-electron chi connectivity index (χ1n) is 2.89. The molecule has 0 saturated heterocycles. The SMILES string of the molecule is C/C(=C/C(C)C#N)C(=O)O. The van der Waals surface area contributed by atoms with Gasteiger partial charge in [-0.3, -0.25) is 0 Å². The van der Waals surface area contributed by atoms with E-state index in [1.54, 1.807) is 6.92 Å². The quantitative estimate of drug-likeness (QED) is 0.584. The maximum absolute atomic E-state index is 10.2. The van der Waals surface area contributed by atoms with Gasteiger partial charge in [-0.05, 0) is 13.8 Å². The van der Waals surface area contributed by atoms with Crippen LogP contribution in [0.5, 0.6) is 0 Å². The third-order valence-electron chi connectivity index (χ3n) is 1.04. The molecule has 0 bridgehead atoms. The van der Waals surface area contributed by atoms with Crippen LogP contribution in [0.15, 0.2) is 11.6 Å². The van der Waals surface area contributed by atoms with Gasteiger partial charge in [0.1, 0.15) is 0 Å². The summed E-state index contributed by atoms with van der Waals surface area (Å²) in [6, 6.07) is 1.91. The number of carboxylic acids is 1. The number of hydrogen-bond donors (Lipinski definition) is 1. The fourth-order valence-electron chi connectivity index (χ4n) is 0.484. The van der Waals surface area contributed by atoms with Gasteiger partial charge in [-0.2, -0.15) is 5.26 Å². The maximum Gasteiger partial charge on any atom is 0.330 e. The molecule has 0 aliphatic heterocycles. The van der Waals surface area contributed by atoms with Crippen molar-refractivity contribution in [2.45, 2.75) is 13.8 Å². The number of carboxylic acid groups (broad SMARTS) is 1. The second kappa shape index (κ2) is 3.67. The van der Waals surface area contributed by atoms with Gasteiger partial charge >= 0.3 is 5.97 Å². The molecule has 0 spiro atoms.